The van der Waals surface area contributed by atoms with E-state index in [1.54, 1.807) is 0 Å². The van der Waals surface area contributed by atoms with Crippen LogP contribution in [0.4, 0.5) is 5.82 Å². The van der Waals surface area contributed by atoms with Gasteiger partial charge in [-0.2, -0.15) is 0 Å². The summed E-state index contributed by atoms with van der Waals surface area (Å²) in [5.41, 5.74) is 13.8. The molecule has 0 saturated carbocycles. The molecule has 0 radical (unpaired) electrons. The highest BCUT2D eigenvalue weighted by Crippen LogP contribution is 2.24. The molecule has 0 aliphatic rings. The number of nitrogens with two attached hydrogens (primary N) is 1. The predicted octanol–water partition coefficient (Wildman–Crippen LogP) is 0.807. The van der Waals surface area contributed by atoms with Gasteiger partial charge in [0.05, 0.1) is 6.10 Å². The van der Waals surface area contributed by atoms with Crippen molar-refractivity contribution in [3.8, 4) is 0 Å². The second-order valence-electron chi connectivity index (χ2n) is 3.26. The normalized spacial score (nSPS) is 13.8. The lowest BCUT2D eigenvalue weighted by molar-refractivity contribution is 0.0152. The van der Waals surface area contributed by atoms with Crippen molar-refractivity contribution in [1.82, 2.24) is 10.2 Å². The average molecular weight is 259 g/mol. The lowest BCUT2D eigenvalue weighted by Crippen LogP contribution is -2.21. The van der Waals surface area contributed by atoms with Gasteiger partial charge in [0.25, 0.3) is 0 Å². The van der Waals surface area contributed by atoms with Crippen LogP contribution >= 0.6 is 11.6 Å². The SMILES string of the molecule is [N-]=[N+]=NCCC(O)C(O)c1cc(Cl)nnc1N. The summed E-state index contributed by atoms with van der Waals surface area (Å²) in [7, 11) is 0. The smallest absolute Gasteiger partial charge is 0.152 e. The van der Waals surface area contributed by atoms with E-state index in [4.69, 9.17) is 22.9 Å². The molecule has 2 unspecified atom stereocenters. The number of aliphatic hydroxyl groups excluding tert-OH is 2. The zero-order valence-corrected chi connectivity index (χ0v) is 9.49. The van der Waals surface area contributed by atoms with Gasteiger partial charge >= 0.3 is 0 Å². The molecule has 0 aliphatic heterocycles. The average Bonchev–Trinajstić information content (AvgIpc) is 2.31. The number of aliphatic hydroxyl groups is 2. The van der Waals surface area contributed by atoms with Crippen molar-refractivity contribution in [3.05, 3.63) is 27.2 Å². The highest BCUT2D eigenvalue weighted by molar-refractivity contribution is 6.29. The van der Waals surface area contributed by atoms with E-state index >= 15 is 0 Å². The van der Waals surface area contributed by atoms with Crippen LogP contribution in [0.3, 0.4) is 0 Å². The number of anilines is 1. The number of azide groups is 1. The largest absolute Gasteiger partial charge is 0.390 e. The molecular weight excluding hydrogens is 248 g/mol. The van der Waals surface area contributed by atoms with E-state index in [9.17, 15) is 10.2 Å². The Morgan fingerprint density at radius 1 is 1.53 bits per heavy atom. The maximum atomic E-state index is 9.80. The van der Waals surface area contributed by atoms with Crippen LogP contribution in [-0.2, 0) is 0 Å². The van der Waals surface area contributed by atoms with Gasteiger partial charge in [0.1, 0.15) is 6.10 Å². The van der Waals surface area contributed by atoms with Crippen LogP contribution in [0.25, 0.3) is 10.4 Å². The molecule has 17 heavy (non-hydrogen) atoms. The highest BCUT2D eigenvalue weighted by atomic mass is 35.5. The van der Waals surface area contributed by atoms with Gasteiger partial charge in [-0.1, -0.05) is 16.7 Å². The number of rotatable bonds is 5. The van der Waals surface area contributed by atoms with Gasteiger partial charge in [-0.3, -0.25) is 0 Å². The van der Waals surface area contributed by atoms with Gasteiger partial charge in [0.15, 0.2) is 11.0 Å². The molecule has 0 aromatic carbocycles. The Labute approximate surface area is 102 Å². The molecule has 92 valence electrons. The van der Waals surface area contributed by atoms with E-state index in [0.717, 1.165) is 0 Å². The highest BCUT2D eigenvalue weighted by Gasteiger charge is 2.21. The Kier molecular flexibility index (Phi) is 4.92. The number of aromatic nitrogens is 2. The minimum Gasteiger partial charge on any atom is -0.390 e. The summed E-state index contributed by atoms with van der Waals surface area (Å²) >= 11 is 5.60. The second kappa shape index (κ2) is 6.21. The van der Waals surface area contributed by atoms with Gasteiger partial charge in [-0.15, -0.1) is 10.2 Å². The fourth-order valence-electron chi connectivity index (χ4n) is 1.23. The summed E-state index contributed by atoms with van der Waals surface area (Å²) in [6.07, 6.45) is -2.27. The number of nitrogen functional groups attached to an aromatic ring is 1. The van der Waals surface area contributed by atoms with E-state index in [0.29, 0.717) is 0 Å². The molecule has 8 nitrogen and oxygen atoms in total. The van der Waals surface area contributed by atoms with Crippen LogP contribution in [0.2, 0.25) is 5.15 Å². The molecule has 0 bridgehead atoms. The lowest BCUT2D eigenvalue weighted by Gasteiger charge is -2.18. The van der Waals surface area contributed by atoms with Crippen LogP contribution in [0.5, 0.6) is 0 Å². The van der Waals surface area contributed by atoms with Crippen molar-refractivity contribution in [2.24, 2.45) is 5.11 Å². The maximum Gasteiger partial charge on any atom is 0.152 e. The van der Waals surface area contributed by atoms with Crippen LogP contribution in [0.1, 0.15) is 18.1 Å². The molecule has 9 heteroatoms. The Hall–Kier alpha value is -1.60. The van der Waals surface area contributed by atoms with Crippen molar-refractivity contribution in [1.29, 1.82) is 0 Å². The van der Waals surface area contributed by atoms with Crippen molar-refractivity contribution >= 4 is 17.4 Å². The second-order valence-corrected chi connectivity index (χ2v) is 3.65. The number of nitrogens with zero attached hydrogens (tertiary/aromatic N) is 5. The first-order valence-corrected chi connectivity index (χ1v) is 5.09. The predicted molar refractivity (Wildman–Crippen MR) is 61.1 cm³/mol. The first-order valence-electron chi connectivity index (χ1n) is 4.72. The van der Waals surface area contributed by atoms with Crippen LogP contribution in [0, 0.1) is 0 Å². The van der Waals surface area contributed by atoms with Gasteiger partial charge in [-0.05, 0) is 18.0 Å². The summed E-state index contributed by atoms with van der Waals surface area (Å²) in [6, 6.07) is 1.32. The van der Waals surface area contributed by atoms with E-state index in [2.05, 4.69) is 20.2 Å². The molecule has 0 spiro atoms. The first kappa shape index (κ1) is 13.5. The summed E-state index contributed by atoms with van der Waals surface area (Å²) in [4.78, 5) is 2.54. The van der Waals surface area contributed by atoms with Gasteiger partial charge in [0, 0.05) is 17.0 Å². The fourth-order valence-corrected chi connectivity index (χ4v) is 1.38. The maximum absolute atomic E-state index is 9.80. The summed E-state index contributed by atoms with van der Waals surface area (Å²) in [5, 5.41) is 29.8. The molecule has 1 rings (SSSR count). The Bertz CT molecular complexity index is 436. The standard InChI is InChI=1S/C8H11ClN6O2/c9-6-3-4(8(10)14-13-6)7(17)5(16)1-2-12-15-11/h3,5,7,16-17H,1-2H2,(H2,10,14). The van der Waals surface area contributed by atoms with Gasteiger partial charge in [0.2, 0.25) is 0 Å². The molecule has 1 heterocycles. The summed E-state index contributed by atoms with van der Waals surface area (Å²) in [5.74, 6) is -0.00951. The Balaban J connectivity index is 2.76. The van der Waals surface area contributed by atoms with Crippen molar-refractivity contribution in [3.63, 3.8) is 0 Å². The molecule has 1 aromatic rings. The molecule has 2 atom stereocenters. The first-order chi connectivity index (χ1) is 8.06. The molecule has 4 N–H and O–H groups in total. The van der Waals surface area contributed by atoms with Crippen LogP contribution in [-0.4, -0.2) is 33.1 Å². The third-order valence-corrected chi connectivity index (χ3v) is 2.28. The zero-order chi connectivity index (χ0) is 12.8. The van der Waals surface area contributed by atoms with Gasteiger partial charge < -0.3 is 15.9 Å². The number of hydrogen-bond acceptors (Lipinski definition) is 6. The van der Waals surface area contributed by atoms with Crippen molar-refractivity contribution in [2.75, 3.05) is 12.3 Å². The Morgan fingerprint density at radius 2 is 2.24 bits per heavy atom. The minimum atomic E-state index is -1.25. The topological polar surface area (TPSA) is 141 Å². The van der Waals surface area contributed by atoms with E-state index < -0.39 is 12.2 Å². The molecule has 0 fully saturated rings. The third kappa shape index (κ3) is 3.72. The monoisotopic (exact) mass is 258 g/mol. The van der Waals surface area contributed by atoms with Crippen molar-refractivity contribution in [2.45, 2.75) is 18.6 Å². The Morgan fingerprint density at radius 3 is 2.88 bits per heavy atom. The van der Waals surface area contributed by atoms with E-state index in [1.807, 2.05) is 0 Å². The quantitative estimate of drug-likeness (QED) is 0.407. The van der Waals surface area contributed by atoms with E-state index in [1.165, 1.54) is 6.07 Å². The van der Waals surface area contributed by atoms with E-state index in [-0.39, 0.29) is 29.5 Å². The summed E-state index contributed by atoms with van der Waals surface area (Å²) < 4.78 is 0. The lowest BCUT2D eigenvalue weighted by atomic mass is 10.0. The zero-order valence-electron chi connectivity index (χ0n) is 8.73. The fraction of sp³-hybridized carbons (Fsp3) is 0.500. The molecule has 0 saturated heterocycles. The summed E-state index contributed by atoms with van der Waals surface area (Å²) in [6.45, 7) is 0.0703. The number of halogens is 1. The molecular formula is C8H11ClN6O2. The molecule has 1 aromatic heterocycles. The molecule has 0 amide bonds. The molecule has 0 aliphatic carbocycles. The van der Waals surface area contributed by atoms with Crippen LogP contribution in [0.15, 0.2) is 11.2 Å². The van der Waals surface area contributed by atoms with Gasteiger partial charge in [-0.25, -0.2) is 0 Å². The van der Waals surface area contributed by atoms with Crippen LogP contribution < -0.4 is 5.73 Å². The minimum absolute atomic E-state index is 0.00951. The third-order valence-electron chi connectivity index (χ3n) is 2.09. The van der Waals surface area contributed by atoms with Crippen molar-refractivity contribution < 1.29 is 10.2 Å². The number of hydrogen-bond donors (Lipinski definition) is 3.